The summed E-state index contributed by atoms with van der Waals surface area (Å²) in [5, 5.41) is 8.55. The summed E-state index contributed by atoms with van der Waals surface area (Å²) in [4.78, 5) is 20.2. The fourth-order valence-electron chi connectivity index (χ4n) is 0.476. The van der Waals surface area contributed by atoms with Crippen molar-refractivity contribution >= 4 is 11.9 Å². The zero-order valence-electron chi connectivity index (χ0n) is 7.02. The van der Waals surface area contributed by atoms with Crippen molar-refractivity contribution in [1.82, 2.24) is 5.32 Å². The number of halogens is 6. The van der Waals surface area contributed by atoms with E-state index in [1.165, 1.54) is 0 Å². The van der Waals surface area contributed by atoms with Crippen molar-refractivity contribution < 1.29 is 45.8 Å². The smallest absolute Gasteiger partial charge is 0.478 e. The highest BCUT2D eigenvalue weighted by Gasteiger charge is 2.44. The van der Waals surface area contributed by atoms with Crippen molar-refractivity contribution in [3.8, 4) is 0 Å². The third-order valence-electron chi connectivity index (χ3n) is 0.995. The van der Waals surface area contributed by atoms with E-state index in [4.69, 9.17) is 5.11 Å². The Morgan fingerprint density at radius 2 is 1.56 bits per heavy atom. The van der Waals surface area contributed by atoms with E-state index in [9.17, 15) is 35.9 Å². The zero-order valence-corrected chi connectivity index (χ0v) is 7.02. The highest BCUT2D eigenvalue weighted by atomic mass is 19.4. The van der Waals surface area contributed by atoms with Gasteiger partial charge in [-0.05, 0) is 0 Å². The molecule has 0 spiro atoms. The molecule has 94 valence electrons. The Kier molecular flexibility index (Phi) is 4.12. The number of hydrogen-bond acceptors (Lipinski definition) is 3. The monoisotopic (exact) mass is 255 g/mol. The molecule has 0 rings (SSSR count). The van der Waals surface area contributed by atoms with Gasteiger partial charge in [0.05, 0.1) is 0 Å². The number of carbonyl (C=O) groups excluding carboxylic acids is 1. The molecule has 0 aliphatic carbocycles. The lowest BCUT2D eigenvalue weighted by Crippen LogP contribution is -2.50. The predicted molar refractivity (Wildman–Crippen MR) is 32.8 cm³/mol. The Bertz CT molecular complexity index is 284. The molecule has 0 radical (unpaired) electrons. The van der Waals surface area contributed by atoms with Crippen molar-refractivity contribution in [3.05, 3.63) is 0 Å². The SMILES string of the molecule is O=C(O)C(NC(=O)C(F)(F)F)OC(F)(F)F. The molecule has 0 aliphatic heterocycles. The maximum atomic E-state index is 11.6. The number of amides is 1. The Labute approximate surface area is 83.0 Å². The van der Waals surface area contributed by atoms with Crippen molar-refractivity contribution in [2.24, 2.45) is 0 Å². The first kappa shape index (κ1) is 14.5. The van der Waals surface area contributed by atoms with Gasteiger partial charge in [-0.15, -0.1) is 13.2 Å². The van der Waals surface area contributed by atoms with Crippen LogP contribution in [0.25, 0.3) is 0 Å². The first-order valence-corrected chi connectivity index (χ1v) is 3.28. The Balaban J connectivity index is 4.60. The second-order valence-corrected chi connectivity index (χ2v) is 2.25. The summed E-state index contributed by atoms with van der Waals surface area (Å²) < 4.78 is 71.9. The highest BCUT2D eigenvalue weighted by Crippen LogP contribution is 2.19. The summed E-state index contributed by atoms with van der Waals surface area (Å²) in [5.41, 5.74) is 0. The fraction of sp³-hybridized carbons (Fsp3) is 0.600. The third-order valence-corrected chi connectivity index (χ3v) is 0.995. The van der Waals surface area contributed by atoms with Crippen LogP contribution in [-0.4, -0.2) is 35.7 Å². The van der Waals surface area contributed by atoms with Crippen molar-refractivity contribution in [2.45, 2.75) is 18.8 Å². The number of nitrogens with one attached hydrogen (secondary N) is 1. The molecule has 0 saturated carbocycles. The molecule has 16 heavy (non-hydrogen) atoms. The van der Waals surface area contributed by atoms with Crippen LogP contribution in [0.3, 0.4) is 0 Å². The van der Waals surface area contributed by atoms with E-state index < -0.39 is 30.6 Å². The van der Waals surface area contributed by atoms with E-state index >= 15 is 0 Å². The van der Waals surface area contributed by atoms with E-state index in [1.807, 2.05) is 0 Å². The summed E-state index contributed by atoms with van der Waals surface area (Å²) in [6, 6.07) is 0. The van der Waals surface area contributed by atoms with E-state index in [2.05, 4.69) is 4.74 Å². The Morgan fingerprint density at radius 3 is 1.81 bits per heavy atom. The summed E-state index contributed by atoms with van der Waals surface area (Å²) >= 11 is 0. The minimum Gasteiger partial charge on any atom is -0.478 e. The lowest BCUT2D eigenvalue weighted by atomic mass is 10.5. The standard InChI is InChI=1S/C5H3F6NO4/c6-4(7,8)3(15)12-1(2(13)14)16-5(9,10)11/h1H,(H,12,15)(H,13,14). The average Bonchev–Trinajstić information content (AvgIpc) is 1.98. The quantitative estimate of drug-likeness (QED) is 0.572. The van der Waals surface area contributed by atoms with Crippen LogP contribution < -0.4 is 5.32 Å². The number of hydrogen-bond donors (Lipinski definition) is 2. The molecule has 5 nitrogen and oxygen atoms in total. The van der Waals surface area contributed by atoms with Crippen molar-refractivity contribution in [3.63, 3.8) is 0 Å². The van der Waals surface area contributed by atoms with Crippen LogP contribution in [0.4, 0.5) is 26.3 Å². The molecule has 0 aromatic carbocycles. The number of carboxylic acids is 1. The van der Waals surface area contributed by atoms with Gasteiger partial charge in [-0.3, -0.25) is 9.53 Å². The summed E-state index contributed by atoms with van der Waals surface area (Å²) in [6.07, 6.45) is -14.2. The van der Waals surface area contributed by atoms with Crippen LogP contribution in [0.15, 0.2) is 0 Å². The number of rotatable bonds is 3. The molecule has 1 amide bonds. The second kappa shape index (κ2) is 4.55. The molecule has 0 bridgehead atoms. The molecule has 0 aromatic heterocycles. The summed E-state index contributed by atoms with van der Waals surface area (Å²) in [5.74, 6) is -5.28. The Hall–Kier alpha value is -1.52. The van der Waals surface area contributed by atoms with Gasteiger partial charge in [0.15, 0.2) is 0 Å². The van der Waals surface area contributed by atoms with Gasteiger partial charge < -0.3 is 10.4 Å². The average molecular weight is 255 g/mol. The van der Waals surface area contributed by atoms with E-state index in [-0.39, 0.29) is 0 Å². The first-order chi connectivity index (χ1) is 6.93. The van der Waals surface area contributed by atoms with Gasteiger partial charge in [-0.1, -0.05) is 0 Å². The van der Waals surface area contributed by atoms with Gasteiger partial charge in [0, 0.05) is 0 Å². The van der Waals surface area contributed by atoms with Gasteiger partial charge in [-0.2, -0.15) is 13.2 Å². The van der Waals surface area contributed by atoms with Crippen LogP contribution in [0.2, 0.25) is 0 Å². The lowest BCUT2D eigenvalue weighted by molar-refractivity contribution is -0.342. The van der Waals surface area contributed by atoms with Crippen molar-refractivity contribution in [2.75, 3.05) is 0 Å². The molecule has 0 aromatic rings. The topological polar surface area (TPSA) is 75.6 Å². The number of ether oxygens (including phenoxy) is 1. The molecule has 0 saturated heterocycles. The van der Waals surface area contributed by atoms with Gasteiger partial charge in [-0.25, -0.2) is 4.79 Å². The van der Waals surface area contributed by atoms with Crippen LogP contribution in [-0.2, 0) is 14.3 Å². The number of carbonyl (C=O) groups is 2. The third kappa shape index (κ3) is 5.38. The van der Waals surface area contributed by atoms with Crippen LogP contribution in [0, 0.1) is 0 Å². The largest absolute Gasteiger partial charge is 0.524 e. The first-order valence-electron chi connectivity index (χ1n) is 3.28. The zero-order chi connectivity index (χ0) is 13.1. The molecular formula is C5H3F6NO4. The van der Waals surface area contributed by atoms with Gasteiger partial charge in [0.25, 0.3) is 0 Å². The molecule has 0 fully saturated rings. The predicted octanol–water partition coefficient (Wildman–Crippen LogP) is 0.612. The van der Waals surface area contributed by atoms with Gasteiger partial charge in [0.1, 0.15) is 0 Å². The van der Waals surface area contributed by atoms with Crippen molar-refractivity contribution in [1.29, 1.82) is 0 Å². The minimum absolute atomic E-state index is 0.507. The molecule has 0 heterocycles. The molecule has 0 aliphatic rings. The molecular weight excluding hydrogens is 252 g/mol. The molecule has 2 N–H and O–H groups in total. The number of alkyl halides is 6. The Morgan fingerprint density at radius 1 is 1.12 bits per heavy atom. The highest BCUT2D eigenvalue weighted by molar-refractivity contribution is 5.86. The number of aliphatic carboxylic acids is 1. The van der Waals surface area contributed by atoms with E-state index in [0.29, 0.717) is 5.32 Å². The molecule has 1 atom stereocenters. The van der Waals surface area contributed by atoms with Gasteiger partial charge >= 0.3 is 24.4 Å². The van der Waals surface area contributed by atoms with E-state index in [1.54, 1.807) is 0 Å². The van der Waals surface area contributed by atoms with Crippen LogP contribution >= 0.6 is 0 Å². The number of carboxylic acid groups (broad SMARTS) is 1. The fourth-order valence-corrected chi connectivity index (χ4v) is 0.476. The van der Waals surface area contributed by atoms with E-state index in [0.717, 1.165) is 0 Å². The minimum atomic E-state index is -5.51. The second-order valence-electron chi connectivity index (χ2n) is 2.25. The van der Waals surface area contributed by atoms with Crippen LogP contribution in [0.5, 0.6) is 0 Å². The molecule has 11 heteroatoms. The summed E-state index contributed by atoms with van der Waals surface area (Å²) in [7, 11) is 0. The summed E-state index contributed by atoms with van der Waals surface area (Å²) in [6.45, 7) is 0. The van der Waals surface area contributed by atoms with Crippen LogP contribution in [0.1, 0.15) is 0 Å². The van der Waals surface area contributed by atoms with Gasteiger partial charge in [0.2, 0.25) is 6.23 Å². The maximum Gasteiger partial charge on any atom is 0.524 e. The normalized spacial score (nSPS) is 14.4. The molecule has 1 unspecified atom stereocenters. The maximum absolute atomic E-state index is 11.6. The lowest BCUT2D eigenvalue weighted by Gasteiger charge is -2.17.